The fraction of sp³-hybridized carbons (Fsp3) is 0.0909. The molecular formula is C11H5Br2Cl2FS. The molecule has 17 heavy (non-hydrogen) atoms. The molecule has 0 N–H and O–H groups in total. The SMILES string of the molecule is Fc1cc(C(Cl)c2cc(Br)c(Cl)s2)ccc1Br. The van der Waals surface area contributed by atoms with Crippen molar-refractivity contribution in [3.05, 3.63) is 53.8 Å². The second kappa shape index (κ2) is 5.57. The van der Waals surface area contributed by atoms with Crippen LogP contribution >= 0.6 is 66.4 Å². The van der Waals surface area contributed by atoms with Gasteiger partial charge < -0.3 is 0 Å². The molecular weight excluding hydrogens is 414 g/mol. The second-order valence-electron chi connectivity index (χ2n) is 3.31. The summed E-state index contributed by atoms with van der Waals surface area (Å²) in [6.07, 6.45) is 0. The molecule has 0 nitrogen and oxygen atoms in total. The van der Waals surface area contributed by atoms with Gasteiger partial charge in [-0.2, -0.15) is 0 Å². The molecule has 2 aromatic rings. The lowest BCUT2D eigenvalue weighted by atomic mass is 10.1. The standard InChI is InChI=1S/C11H5Br2Cl2FS/c12-6-2-1-5(3-8(6)16)10(14)9-4-7(13)11(15)17-9/h1-4,10H. The molecule has 0 fully saturated rings. The number of benzene rings is 1. The van der Waals surface area contributed by atoms with Crippen LogP contribution in [-0.4, -0.2) is 0 Å². The molecule has 0 bridgehead atoms. The first kappa shape index (κ1) is 13.8. The Bertz CT molecular complexity index is 537. The topological polar surface area (TPSA) is 0 Å². The number of rotatable bonds is 2. The highest BCUT2D eigenvalue weighted by Crippen LogP contribution is 2.40. The van der Waals surface area contributed by atoms with E-state index in [-0.39, 0.29) is 5.82 Å². The van der Waals surface area contributed by atoms with Gasteiger partial charge in [0.1, 0.15) is 10.2 Å². The van der Waals surface area contributed by atoms with Crippen molar-refractivity contribution in [2.24, 2.45) is 0 Å². The third kappa shape index (κ3) is 3.04. The molecule has 1 atom stereocenters. The molecule has 1 unspecified atom stereocenters. The summed E-state index contributed by atoms with van der Waals surface area (Å²) in [6.45, 7) is 0. The largest absolute Gasteiger partial charge is 0.206 e. The first-order chi connectivity index (χ1) is 7.99. The molecule has 1 aromatic heterocycles. The minimum Gasteiger partial charge on any atom is -0.206 e. The summed E-state index contributed by atoms with van der Waals surface area (Å²) in [5.41, 5.74) is 0.706. The summed E-state index contributed by atoms with van der Waals surface area (Å²) in [4.78, 5) is 0.880. The average Bonchev–Trinajstić information content (AvgIpc) is 2.62. The highest BCUT2D eigenvalue weighted by atomic mass is 79.9. The molecule has 0 saturated heterocycles. The van der Waals surface area contributed by atoms with Crippen LogP contribution in [0.15, 0.2) is 33.2 Å². The molecule has 90 valence electrons. The number of hydrogen-bond donors (Lipinski definition) is 0. The normalized spacial score (nSPS) is 12.8. The lowest BCUT2D eigenvalue weighted by Gasteiger charge is -2.08. The van der Waals surface area contributed by atoms with Gasteiger partial charge in [-0.1, -0.05) is 17.7 Å². The molecule has 6 heteroatoms. The van der Waals surface area contributed by atoms with E-state index in [1.807, 2.05) is 6.07 Å². The van der Waals surface area contributed by atoms with Gasteiger partial charge in [0.2, 0.25) is 0 Å². The van der Waals surface area contributed by atoms with Gasteiger partial charge in [0.15, 0.2) is 0 Å². The Morgan fingerprint density at radius 3 is 2.41 bits per heavy atom. The zero-order valence-corrected chi connectivity index (χ0v) is 13.7. The van der Waals surface area contributed by atoms with E-state index in [2.05, 4.69) is 31.9 Å². The van der Waals surface area contributed by atoms with Crippen LogP contribution in [0.25, 0.3) is 0 Å². The van der Waals surface area contributed by atoms with Gasteiger partial charge in [-0.05, 0) is 55.6 Å². The molecule has 0 saturated carbocycles. The quantitative estimate of drug-likeness (QED) is 0.495. The fourth-order valence-corrected chi connectivity index (χ4v) is 3.64. The molecule has 0 spiro atoms. The Hall–Kier alpha value is 0.390. The second-order valence-corrected chi connectivity index (χ2v) is 7.14. The van der Waals surface area contributed by atoms with Gasteiger partial charge in [0.05, 0.1) is 9.85 Å². The van der Waals surface area contributed by atoms with E-state index >= 15 is 0 Å². The summed E-state index contributed by atoms with van der Waals surface area (Å²) < 4.78 is 15.3. The highest BCUT2D eigenvalue weighted by molar-refractivity contribution is 9.10. The minimum absolute atomic E-state index is 0.324. The number of alkyl halides is 1. The summed E-state index contributed by atoms with van der Waals surface area (Å²) >= 11 is 20.0. The van der Waals surface area contributed by atoms with Crippen LogP contribution in [-0.2, 0) is 0 Å². The Balaban J connectivity index is 2.36. The van der Waals surface area contributed by atoms with E-state index in [1.54, 1.807) is 12.1 Å². The van der Waals surface area contributed by atoms with Crippen molar-refractivity contribution >= 4 is 66.4 Å². The lowest BCUT2D eigenvalue weighted by molar-refractivity contribution is 0.619. The summed E-state index contributed by atoms with van der Waals surface area (Å²) in [5.74, 6) is -0.324. The van der Waals surface area contributed by atoms with E-state index in [0.29, 0.717) is 14.4 Å². The first-order valence-corrected chi connectivity index (χ1v) is 7.74. The maximum atomic E-state index is 13.4. The van der Waals surface area contributed by atoms with Crippen molar-refractivity contribution in [1.82, 2.24) is 0 Å². The smallest absolute Gasteiger partial charge is 0.137 e. The zero-order valence-electron chi connectivity index (χ0n) is 8.18. The van der Waals surface area contributed by atoms with Gasteiger partial charge in [0, 0.05) is 9.35 Å². The maximum absolute atomic E-state index is 13.4. The molecule has 0 aliphatic heterocycles. The van der Waals surface area contributed by atoms with Crippen LogP contribution < -0.4 is 0 Å². The summed E-state index contributed by atoms with van der Waals surface area (Å²) in [6, 6.07) is 6.70. The van der Waals surface area contributed by atoms with Gasteiger partial charge in [-0.25, -0.2) is 4.39 Å². The molecule has 2 rings (SSSR count). The van der Waals surface area contributed by atoms with Crippen LogP contribution in [0.5, 0.6) is 0 Å². The number of halogens is 5. The van der Waals surface area contributed by atoms with Crippen molar-refractivity contribution in [2.45, 2.75) is 5.38 Å². The Kier molecular flexibility index (Phi) is 4.53. The summed E-state index contributed by atoms with van der Waals surface area (Å²) in [7, 11) is 0. The van der Waals surface area contributed by atoms with Crippen molar-refractivity contribution in [2.75, 3.05) is 0 Å². The van der Waals surface area contributed by atoms with E-state index in [0.717, 1.165) is 9.35 Å². The van der Waals surface area contributed by atoms with Gasteiger partial charge in [-0.3, -0.25) is 0 Å². The fourth-order valence-electron chi connectivity index (χ4n) is 1.32. The average molecular weight is 419 g/mol. The Morgan fingerprint density at radius 2 is 1.88 bits per heavy atom. The van der Waals surface area contributed by atoms with Crippen LogP contribution in [0.3, 0.4) is 0 Å². The van der Waals surface area contributed by atoms with Gasteiger partial charge >= 0.3 is 0 Å². The van der Waals surface area contributed by atoms with Crippen LogP contribution in [0.2, 0.25) is 4.34 Å². The van der Waals surface area contributed by atoms with E-state index in [9.17, 15) is 4.39 Å². The predicted molar refractivity (Wildman–Crippen MR) is 78.8 cm³/mol. The Labute approximate surface area is 129 Å². The third-order valence-electron chi connectivity index (χ3n) is 2.15. The van der Waals surface area contributed by atoms with Gasteiger partial charge in [-0.15, -0.1) is 22.9 Å². The van der Waals surface area contributed by atoms with Crippen molar-refractivity contribution in [3.63, 3.8) is 0 Å². The third-order valence-corrected chi connectivity index (χ3v) is 5.95. The predicted octanol–water partition coefficient (Wildman–Crippen LogP) is 6.39. The van der Waals surface area contributed by atoms with Crippen LogP contribution in [0.1, 0.15) is 15.8 Å². The lowest BCUT2D eigenvalue weighted by Crippen LogP contribution is -1.91. The molecule has 0 amide bonds. The Morgan fingerprint density at radius 1 is 1.18 bits per heavy atom. The van der Waals surface area contributed by atoms with Crippen LogP contribution in [0, 0.1) is 5.82 Å². The zero-order chi connectivity index (χ0) is 12.6. The van der Waals surface area contributed by atoms with E-state index in [1.165, 1.54) is 17.4 Å². The van der Waals surface area contributed by atoms with Crippen LogP contribution in [0.4, 0.5) is 4.39 Å². The molecule has 1 heterocycles. The van der Waals surface area contributed by atoms with Crippen molar-refractivity contribution in [1.29, 1.82) is 0 Å². The van der Waals surface area contributed by atoms with E-state index in [4.69, 9.17) is 23.2 Å². The van der Waals surface area contributed by atoms with E-state index < -0.39 is 5.38 Å². The minimum atomic E-state index is -0.397. The van der Waals surface area contributed by atoms with Crippen molar-refractivity contribution < 1.29 is 4.39 Å². The molecule has 1 aromatic carbocycles. The molecule has 0 radical (unpaired) electrons. The number of thiophene rings is 1. The molecule has 0 aliphatic carbocycles. The highest BCUT2D eigenvalue weighted by Gasteiger charge is 2.16. The van der Waals surface area contributed by atoms with Gasteiger partial charge in [0.25, 0.3) is 0 Å². The summed E-state index contributed by atoms with van der Waals surface area (Å²) in [5, 5.41) is -0.397. The maximum Gasteiger partial charge on any atom is 0.137 e. The van der Waals surface area contributed by atoms with Crippen molar-refractivity contribution in [3.8, 4) is 0 Å². The first-order valence-electron chi connectivity index (χ1n) is 4.53. The number of hydrogen-bond acceptors (Lipinski definition) is 1. The molecule has 0 aliphatic rings. The monoisotopic (exact) mass is 416 g/mol.